The van der Waals surface area contributed by atoms with E-state index in [9.17, 15) is 0 Å². The van der Waals surface area contributed by atoms with Gasteiger partial charge in [0.05, 0.1) is 0 Å². The van der Waals surface area contributed by atoms with Crippen LogP contribution in [0.3, 0.4) is 0 Å². The van der Waals surface area contributed by atoms with Gasteiger partial charge >= 0.3 is 0 Å². The second kappa shape index (κ2) is 4.31. The molecule has 0 saturated carbocycles. The van der Waals surface area contributed by atoms with E-state index in [1.165, 1.54) is 10.4 Å². The standard InChI is InChI=1S/C9H13NS/c1-8-5-7-11-9(8)4-2-3-6-10/h2,4-5,7H,3,6,10H2,1H3/b4-2+. The predicted octanol–water partition coefficient (Wildman–Crippen LogP) is 2.42. The molecule has 0 aliphatic rings. The molecule has 0 spiro atoms. The summed E-state index contributed by atoms with van der Waals surface area (Å²) < 4.78 is 0. The molecule has 11 heavy (non-hydrogen) atoms. The van der Waals surface area contributed by atoms with Crippen LogP contribution in [0.25, 0.3) is 6.08 Å². The lowest BCUT2D eigenvalue weighted by atomic mass is 10.2. The van der Waals surface area contributed by atoms with Gasteiger partial charge < -0.3 is 5.73 Å². The summed E-state index contributed by atoms with van der Waals surface area (Å²) >= 11 is 1.77. The summed E-state index contributed by atoms with van der Waals surface area (Å²) in [6, 6.07) is 2.13. The minimum absolute atomic E-state index is 0.737. The summed E-state index contributed by atoms with van der Waals surface area (Å²) in [6.45, 7) is 2.86. The second-order valence-corrected chi connectivity index (χ2v) is 3.40. The molecule has 0 aliphatic carbocycles. The summed E-state index contributed by atoms with van der Waals surface area (Å²) in [6.07, 6.45) is 5.24. The Hall–Kier alpha value is -0.600. The van der Waals surface area contributed by atoms with E-state index in [1.807, 2.05) is 0 Å². The van der Waals surface area contributed by atoms with Crippen LogP contribution in [-0.4, -0.2) is 6.54 Å². The number of nitrogens with two attached hydrogens (primary N) is 1. The van der Waals surface area contributed by atoms with Crippen molar-refractivity contribution in [1.82, 2.24) is 0 Å². The minimum atomic E-state index is 0.737. The van der Waals surface area contributed by atoms with E-state index in [0.717, 1.165) is 13.0 Å². The smallest absolute Gasteiger partial charge is 0.0296 e. The third-order valence-electron chi connectivity index (χ3n) is 1.50. The summed E-state index contributed by atoms with van der Waals surface area (Å²) in [4.78, 5) is 1.35. The van der Waals surface area contributed by atoms with E-state index >= 15 is 0 Å². The Morgan fingerprint density at radius 3 is 3.00 bits per heavy atom. The van der Waals surface area contributed by atoms with Gasteiger partial charge in [0.2, 0.25) is 0 Å². The molecule has 2 heteroatoms. The van der Waals surface area contributed by atoms with Crippen molar-refractivity contribution in [2.24, 2.45) is 5.73 Å². The van der Waals surface area contributed by atoms with Crippen LogP contribution >= 0.6 is 11.3 Å². The Balaban J connectivity index is 2.56. The fourth-order valence-electron chi connectivity index (χ4n) is 0.842. The predicted molar refractivity (Wildman–Crippen MR) is 51.8 cm³/mol. The van der Waals surface area contributed by atoms with Gasteiger partial charge in [-0.1, -0.05) is 6.08 Å². The zero-order valence-electron chi connectivity index (χ0n) is 6.71. The lowest BCUT2D eigenvalue weighted by Gasteiger charge is -1.88. The van der Waals surface area contributed by atoms with Crippen molar-refractivity contribution in [3.05, 3.63) is 28.0 Å². The van der Waals surface area contributed by atoms with Gasteiger partial charge in [0.15, 0.2) is 0 Å². The van der Waals surface area contributed by atoms with Crippen molar-refractivity contribution in [1.29, 1.82) is 0 Å². The SMILES string of the molecule is Cc1ccsc1/C=C/CCN. The molecule has 1 rings (SSSR count). The summed E-state index contributed by atoms with van der Waals surface area (Å²) in [5, 5.41) is 2.11. The van der Waals surface area contributed by atoms with E-state index in [4.69, 9.17) is 5.73 Å². The van der Waals surface area contributed by atoms with Crippen LogP contribution in [0.15, 0.2) is 17.5 Å². The largest absolute Gasteiger partial charge is 0.330 e. The van der Waals surface area contributed by atoms with Crippen LogP contribution in [0.1, 0.15) is 16.9 Å². The third kappa shape index (κ3) is 2.48. The van der Waals surface area contributed by atoms with Crippen molar-refractivity contribution in [3.63, 3.8) is 0 Å². The van der Waals surface area contributed by atoms with Crippen molar-refractivity contribution >= 4 is 17.4 Å². The molecule has 1 aromatic rings. The lowest BCUT2D eigenvalue weighted by molar-refractivity contribution is 1.01. The molecule has 60 valence electrons. The summed E-state index contributed by atoms with van der Waals surface area (Å²) in [5.41, 5.74) is 6.71. The first-order valence-corrected chi connectivity index (χ1v) is 4.63. The molecule has 0 aliphatic heterocycles. The van der Waals surface area contributed by atoms with Gasteiger partial charge in [0.1, 0.15) is 0 Å². The first kappa shape index (κ1) is 8.50. The zero-order chi connectivity index (χ0) is 8.10. The van der Waals surface area contributed by atoms with Gasteiger partial charge in [-0.15, -0.1) is 11.3 Å². The number of hydrogen-bond donors (Lipinski definition) is 1. The fraction of sp³-hybridized carbons (Fsp3) is 0.333. The maximum atomic E-state index is 5.36. The highest BCUT2D eigenvalue weighted by Crippen LogP contribution is 2.16. The Labute approximate surface area is 71.5 Å². The van der Waals surface area contributed by atoms with Crippen LogP contribution in [0.5, 0.6) is 0 Å². The topological polar surface area (TPSA) is 26.0 Å². The van der Waals surface area contributed by atoms with Crippen molar-refractivity contribution in [3.8, 4) is 0 Å². The molecular weight excluding hydrogens is 154 g/mol. The van der Waals surface area contributed by atoms with Crippen LogP contribution in [0.4, 0.5) is 0 Å². The molecule has 0 amide bonds. The average molecular weight is 167 g/mol. The number of thiophene rings is 1. The van der Waals surface area contributed by atoms with Gasteiger partial charge in [0.25, 0.3) is 0 Å². The lowest BCUT2D eigenvalue weighted by Crippen LogP contribution is -1.94. The fourth-order valence-corrected chi connectivity index (χ4v) is 1.69. The summed E-state index contributed by atoms with van der Waals surface area (Å²) in [5.74, 6) is 0. The van der Waals surface area contributed by atoms with Gasteiger partial charge in [-0.3, -0.25) is 0 Å². The average Bonchev–Trinajstić information content (AvgIpc) is 2.37. The molecule has 1 nitrogen and oxygen atoms in total. The van der Waals surface area contributed by atoms with E-state index < -0.39 is 0 Å². The maximum absolute atomic E-state index is 5.36. The molecule has 1 aromatic heterocycles. The van der Waals surface area contributed by atoms with Gasteiger partial charge in [-0.05, 0) is 43.0 Å². The van der Waals surface area contributed by atoms with E-state index in [-0.39, 0.29) is 0 Å². The molecule has 0 atom stereocenters. The van der Waals surface area contributed by atoms with E-state index in [2.05, 4.69) is 30.5 Å². The Morgan fingerprint density at radius 1 is 1.64 bits per heavy atom. The highest BCUT2D eigenvalue weighted by atomic mass is 32.1. The van der Waals surface area contributed by atoms with Gasteiger partial charge in [-0.25, -0.2) is 0 Å². The first-order chi connectivity index (χ1) is 5.34. The molecule has 1 heterocycles. The number of rotatable bonds is 3. The van der Waals surface area contributed by atoms with Gasteiger partial charge in [0, 0.05) is 4.88 Å². The highest BCUT2D eigenvalue weighted by Gasteiger charge is 1.92. The molecule has 0 radical (unpaired) electrons. The van der Waals surface area contributed by atoms with Crippen LogP contribution in [0.2, 0.25) is 0 Å². The van der Waals surface area contributed by atoms with E-state index in [1.54, 1.807) is 11.3 Å². The second-order valence-electron chi connectivity index (χ2n) is 2.45. The summed E-state index contributed by atoms with van der Waals surface area (Å²) in [7, 11) is 0. The number of hydrogen-bond acceptors (Lipinski definition) is 2. The Bertz CT molecular complexity index is 237. The molecule has 0 fully saturated rings. The number of aryl methyl sites for hydroxylation is 1. The first-order valence-electron chi connectivity index (χ1n) is 3.75. The highest BCUT2D eigenvalue weighted by molar-refractivity contribution is 7.11. The molecule has 0 aromatic carbocycles. The van der Waals surface area contributed by atoms with Crippen molar-refractivity contribution < 1.29 is 0 Å². The van der Waals surface area contributed by atoms with E-state index in [0.29, 0.717) is 0 Å². The van der Waals surface area contributed by atoms with Crippen molar-refractivity contribution in [2.45, 2.75) is 13.3 Å². The molecule has 2 N–H and O–H groups in total. The Morgan fingerprint density at radius 2 is 2.45 bits per heavy atom. The molecule has 0 unspecified atom stereocenters. The Kier molecular flexibility index (Phi) is 3.33. The molecule has 0 saturated heterocycles. The van der Waals surface area contributed by atoms with Crippen LogP contribution < -0.4 is 5.73 Å². The van der Waals surface area contributed by atoms with Gasteiger partial charge in [-0.2, -0.15) is 0 Å². The molecule has 0 bridgehead atoms. The minimum Gasteiger partial charge on any atom is -0.330 e. The monoisotopic (exact) mass is 167 g/mol. The van der Waals surface area contributed by atoms with Crippen LogP contribution in [0, 0.1) is 6.92 Å². The normalized spacial score (nSPS) is 11.1. The van der Waals surface area contributed by atoms with Crippen LogP contribution in [-0.2, 0) is 0 Å². The quantitative estimate of drug-likeness (QED) is 0.735. The third-order valence-corrected chi connectivity index (χ3v) is 2.49. The zero-order valence-corrected chi connectivity index (χ0v) is 7.53. The maximum Gasteiger partial charge on any atom is 0.0296 e. The van der Waals surface area contributed by atoms with Crippen molar-refractivity contribution in [2.75, 3.05) is 6.54 Å². The molecular formula is C9H13NS.